The number of methoxy groups -OCH3 is 1. The first-order valence-corrected chi connectivity index (χ1v) is 8.32. The van der Waals surface area contributed by atoms with Gasteiger partial charge in [0, 0.05) is 12.5 Å². The van der Waals surface area contributed by atoms with Crippen molar-refractivity contribution in [2.45, 2.75) is 59.4 Å². The summed E-state index contributed by atoms with van der Waals surface area (Å²) in [5, 5.41) is 8.06. The molecule has 0 amide bonds. The van der Waals surface area contributed by atoms with Crippen LogP contribution in [0.3, 0.4) is 0 Å². The second kappa shape index (κ2) is 6.82. The predicted octanol–water partition coefficient (Wildman–Crippen LogP) is 3.43. The minimum Gasteiger partial charge on any atom is -0.493 e. The summed E-state index contributed by atoms with van der Waals surface area (Å²) in [7, 11) is 1.76. The highest BCUT2D eigenvalue weighted by Crippen LogP contribution is 2.48. The van der Waals surface area contributed by atoms with Gasteiger partial charge in [0.05, 0.1) is 19.0 Å². The van der Waals surface area contributed by atoms with Gasteiger partial charge < -0.3 is 10.1 Å². The predicted molar refractivity (Wildman–Crippen MR) is 86.9 cm³/mol. The van der Waals surface area contributed by atoms with E-state index in [-0.39, 0.29) is 0 Å². The molecular weight excluding hydrogens is 262 g/mol. The molecule has 4 heteroatoms. The van der Waals surface area contributed by atoms with Gasteiger partial charge in [-0.15, -0.1) is 0 Å². The largest absolute Gasteiger partial charge is 0.493 e. The molecule has 1 heterocycles. The fraction of sp³-hybridized carbons (Fsp3) is 0.824. The van der Waals surface area contributed by atoms with Crippen molar-refractivity contribution >= 4 is 0 Å². The van der Waals surface area contributed by atoms with E-state index in [2.05, 4.69) is 42.8 Å². The lowest BCUT2D eigenvalue weighted by atomic mass is 9.66. The van der Waals surface area contributed by atoms with Gasteiger partial charge in [0.1, 0.15) is 0 Å². The van der Waals surface area contributed by atoms with Crippen molar-refractivity contribution in [3.05, 3.63) is 11.9 Å². The van der Waals surface area contributed by atoms with Crippen molar-refractivity contribution in [2.24, 2.45) is 11.3 Å². The molecule has 0 aliphatic heterocycles. The van der Waals surface area contributed by atoms with E-state index >= 15 is 0 Å². The molecule has 0 saturated heterocycles. The average Bonchev–Trinajstić information content (AvgIpc) is 2.88. The van der Waals surface area contributed by atoms with E-state index in [0.717, 1.165) is 25.4 Å². The van der Waals surface area contributed by atoms with Crippen LogP contribution in [0.5, 0.6) is 5.75 Å². The molecule has 1 aliphatic carbocycles. The molecule has 2 atom stereocenters. The molecule has 1 aliphatic rings. The van der Waals surface area contributed by atoms with Gasteiger partial charge >= 0.3 is 0 Å². The van der Waals surface area contributed by atoms with Crippen LogP contribution in [0.4, 0.5) is 0 Å². The summed E-state index contributed by atoms with van der Waals surface area (Å²) >= 11 is 0. The molecule has 0 bridgehead atoms. The molecule has 1 N–H and O–H groups in total. The molecule has 2 rings (SSSR count). The van der Waals surface area contributed by atoms with E-state index in [1.165, 1.54) is 25.0 Å². The van der Waals surface area contributed by atoms with Gasteiger partial charge in [-0.3, -0.25) is 4.68 Å². The topological polar surface area (TPSA) is 39.1 Å². The number of nitrogens with zero attached hydrogens (tertiary/aromatic N) is 2. The molecule has 120 valence electrons. The second-order valence-electron chi connectivity index (χ2n) is 7.00. The van der Waals surface area contributed by atoms with E-state index in [1.807, 2.05) is 6.20 Å². The van der Waals surface area contributed by atoms with Crippen LogP contribution in [0, 0.1) is 11.3 Å². The van der Waals surface area contributed by atoms with Gasteiger partial charge in [-0.25, -0.2) is 0 Å². The molecule has 0 spiro atoms. The van der Waals surface area contributed by atoms with E-state index in [9.17, 15) is 0 Å². The monoisotopic (exact) mass is 293 g/mol. The van der Waals surface area contributed by atoms with Crippen LogP contribution < -0.4 is 10.1 Å². The van der Waals surface area contributed by atoms with Crippen LogP contribution >= 0.6 is 0 Å². The third-order valence-corrected chi connectivity index (χ3v) is 4.91. The van der Waals surface area contributed by atoms with Crippen LogP contribution in [0.25, 0.3) is 0 Å². The molecule has 21 heavy (non-hydrogen) atoms. The van der Waals surface area contributed by atoms with Gasteiger partial charge in [0.2, 0.25) is 0 Å². The summed E-state index contributed by atoms with van der Waals surface area (Å²) in [5.41, 5.74) is 1.71. The fourth-order valence-electron chi connectivity index (χ4n) is 3.70. The summed E-state index contributed by atoms with van der Waals surface area (Å²) in [4.78, 5) is 0. The standard InChI is InChI=1S/C17H31N3O/c1-6-18-11-13-8-9-17(3,4)10-14(13)16-15(21-5)12-19-20(16)7-2/h12-14,18H,6-11H2,1-5H3. The van der Waals surface area contributed by atoms with Crippen molar-refractivity contribution in [1.82, 2.24) is 15.1 Å². The van der Waals surface area contributed by atoms with E-state index in [4.69, 9.17) is 4.74 Å². The Morgan fingerprint density at radius 3 is 2.81 bits per heavy atom. The molecule has 0 radical (unpaired) electrons. The highest BCUT2D eigenvalue weighted by molar-refractivity contribution is 5.30. The van der Waals surface area contributed by atoms with Crippen molar-refractivity contribution < 1.29 is 4.74 Å². The van der Waals surface area contributed by atoms with E-state index < -0.39 is 0 Å². The third-order valence-electron chi connectivity index (χ3n) is 4.91. The van der Waals surface area contributed by atoms with E-state index in [1.54, 1.807) is 7.11 Å². The summed E-state index contributed by atoms with van der Waals surface area (Å²) in [6.07, 6.45) is 5.68. The lowest BCUT2D eigenvalue weighted by molar-refractivity contribution is 0.153. The van der Waals surface area contributed by atoms with Gasteiger partial charge in [-0.05, 0) is 50.6 Å². The second-order valence-corrected chi connectivity index (χ2v) is 7.00. The number of hydrogen-bond donors (Lipinski definition) is 1. The number of ether oxygens (including phenoxy) is 1. The average molecular weight is 293 g/mol. The first kappa shape index (κ1) is 16.3. The molecule has 1 aromatic heterocycles. The number of nitrogens with one attached hydrogen (secondary N) is 1. The molecule has 4 nitrogen and oxygen atoms in total. The van der Waals surface area contributed by atoms with Gasteiger partial charge in [0.15, 0.2) is 5.75 Å². The Kier molecular flexibility index (Phi) is 5.31. The molecular formula is C17H31N3O. The Balaban J connectivity index is 2.32. The third kappa shape index (κ3) is 3.60. The van der Waals surface area contributed by atoms with Crippen molar-refractivity contribution in [3.8, 4) is 5.75 Å². The maximum absolute atomic E-state index is 5.60. The summed E-state index contributed by atoms with van der Waals surface area (Å²) in [6.45, 7) is 12.2. The summed E-state index contributed by atoms with van der Waals surface area (Å²) in [5.74, 6) is 2.17. The maximum atomic E-state index is 5.60. The Labute approximate surface area is 129 Å². The molecule has 1 aromatic rings. The normalized spacial score (nSPS) is 25.0. The smallest absolute Gasteiger partial charge is 0.160 e. The zero-order chi connectivity index (χ0) is 15.5. The number of rotatable bonds is 6. The molecule has 0 aromatic carbocycles. The van der Waals surface area contributed by atoms with Crippen LogP contribution in [-0.2, 0) is 6.54 Å². The minimum atomic E-state index is 0.404. The number of aromatic nitrogens is 2. The lowest BCUT2D eigenvalue weighted by Crippen LogP contribution is -2.35. The fourth-order valence-corrected chi connectivity index (χ4v) is 3.70. The highest BCUT2D eigenvalue weighted by Gasteiger charge is 2.38. The maximum Gasteiger partial charge on any atom is 0.160 e. The highest BCUT2D eigenvalue weighted by atomic mass is 16.5. The van der Waals surface area contributed by atoms with Crippen LogP contribution in [0.1, 0.15) is 58.6 Å². The quantitative estimate of drug-likeness (QED) is 0.873. The number of aryl methyl sites for hydroxylation is 1. The molecule has 2 unspecified atom stereocenters. The summed E-state index contributed by atoms with van der Waals surface area (Å²) < 4.78 is 7.73. The van der Waals surface area contributed by atoms with Crippen molar-refractivity contribution in [1.29, 1.82) is 0 Å². The van der Waals surface area contributed by atoms with Crippen molar-refractivity contribution in [2.75, 3.05) is 20.2 Å². The van der Waals surface area contributed by atoms with Crippen LogP contribution in [0.15, 0.2) is 6.20 Å². The van der Waals surface area contributed by atoms with Crippen LogP contribution in [-0.4, -0.2) is 30.0 Å². The molecule has 1 fully saturated rings. The Morgan fingerprint density at radius 2 is 2.19 bits per heavy atom. The minimum absolute atomic E-state index is 0.404. The van der Waals surface area contributed by atoms with E-state index in [0.29, 0.717) is 17.3 Å². The van der Waals surface area contributed by atoms with Gasteiger partial charge in [-0.2, -0.15) is 5.10 Å². The first-order valence-electron chi connectivity index (χ1n) is 8.32. The lowest BCUT2D eigenvalue weighted by Gasteiger charge is -2.41. The Morgan fingerprint density at radius 1 is 1.43 bits per heavy atom. The zero-order valence-corrected chi connectivity index (χ0v) is 14.3. The summed E-state index contributed by atoms with van der Waals surface area (Å²) in [6, 6.07) is 0. The Hall–Kier alpha value is -1.03. The Bertz CT molecular complexity index is 431. The van der Waals surface area contributed by atoms with Gasteiger partial charge in [0.25, 0.3) is 0 Å². The van der Waals surface area contributed by atoms with Crippen LogP contribution in [0.2, 0.25) is 0 Å². The zero-order valence-electron chi connectivity index (χ0n) is 14.3. The number of hydrogen-bond acceptors (Lipinski definition) is 3. The molecule has 1 saturated carbocycles. The van der Waals surface area contributed by atoms with Gasteiger partial charge in [-0.1, -0.05) is 20.8 Å². The SMILES string of the molecule is CCNCC1CCC(C)(C)CC1c1c(OC)cnn1CC. The first-order chi connectivity index (χ1) is 10.0. The van der Waals surface area contributed by atoms with Crippen molar-refractivity contribution in [3.63, 3.8) is 0 Å².